The fourth-order valence-electron chi connectivity index (χ4n) is 2.00. The standard InChI is InChI=1S/C14H15F3N6O/c1-24-11-5-8(4-10(22-11)20-7-2-3-7)21-13-19-6-9(12(18)23-13)14(15,16)17/h4-7H,2-3H2,1H3,(H4,18,19,20,21,22,23). The summed E-state index contributed by atoms with van der Waals surface area (Å²) in [5.74, 6) is 0.255. The fraction of sp³-hybridized carbons (Fsp3) is 0.357. The lowest BCUT2D eigenvalue weighted by molar-refractivity contribution is -0.137. The molecule has 1 saturated carbocycles. The smallest absolute Gasteiger partial charge is 0.421 e. The molecule has 4 N–H and O–H groups in total. The Labute approximate surface area is 135 Å². The minimum Gasteiger partial charge on any atom is -0.481 e. The van der Waals surface area contributed by atoms with Gasteiger partial charge in [0, 0.05) is 30.1 Å². The highest BCUT2D eigenvalue weighted by atomic mass is 19.4. The van der Waals surface area contributed by atoms with Crippen molar-refractivity contribution < 1.29 is 17.9 Å². The van der Waals surface area contributed by atoms with Crippen LogP contribution in [0.15, 0.2) is 18.3 Å². The van der Waals surface area contributed by atoms with Gasteiger partial charge in [0.1, 0.15) is 17.2 Å². The van der Waals surface area contributed by atoms with E-state index in [1.54, 1.807) is 12.1 Å². The molecule has 128 valence electrons. The van der Waals surface area contributed by atoms with E-state index in [9.17, 15) is 13.2 Å². The van der Waals surface area contributed by atoms with Crippen LogP contribution >= 0.6 is 0 Å². The third-order valence-corrected chi connectivity index (χ3v) is 3.32. The molecule has 2 aromatic heterocycles. The molecule has 1 aliphatic rings. The molecule has 1 aliphatic carbocycles. The summed E-state index contributed by atoms with van der Waals surface area (Å²) in [5, 5.41) is 6.01. The van der Waals surface area contributed by atoms with Gasteiger partial charge in [-0.05, 0) is 12.8 Å². The Bertz CT molecular complexity index is 748. The summed E-state index contributed by atoms with van der Waals surface area (Å²) in [4.78, 5) is 11.6. The van der Waals surface area contributed by atoms with Gasteiger partial charge < -0.3 is 21.1 Å². The molecule has 0 aliphatic heterocycles. The zero-order chi connectivity index (χ0) is 17.3. The van der Waals surface area contributed by atoms with Gasteiger partial charge in [0.25, 0.3) is 0 Å². The topological polar surface area (TPSA) is 98.0 Å². The van der Waals surface area contributed by atoms with E-state index in [1.165, 1.54) is 7.11 Å². The van der Waals surface area contributed by atoms with Crippen molar-refractivity contribution in [3.63, 3.8) is 0 Å². The predicted molar refractivity (Wildman–Crippen MR) is 82.2 cm³/mol. The highest BCUT2D eigenvalue weighted by Crippen LogP contribution is 2.33. The number of hydrogen-bond donors (Lipinski definition) is 3. The van der Waals surface area contributed by atoms with Gasteiger partial charge >= 0.3 is 6.18 Å². The van der Waals surface area contributed by atoms with Gasteiger partial charge in [0.15, 0.2) is 0 Å². The van der Waals surface area contributed by atoms with E-state index < -0.39 is 17.6 Å². The van der Waals surface area contributed by atoms with Crippen molar-refractivity contribution in [1.82, 2.24) is 15.0 Å². The van der Waals surface area contributed by atoms with Crippen LogP contribution in [0.1, 0.15) is 18.4 Å². The minimum atomic E-state index is -4.59. The van der Waals surface area contributed by atoms with Gasteiger partial charge in [0.2, 0.25) is 11.8 Å². The van der Waals surface area contributed by atoms with Crippen LogP contribution < -0.4 is 21.1 Å². The molecular formula is C14H15F3N6O. The average Bonchev–Trinajstić information content (AvgIpc) is 3.29. The molecule has 0 amide bonds. The third kappa shape index (κ3) is 3.76. The van der Waals surface area contributed by atoms with Crippen molar-refractivity contribution in [2.45, 2.75) is 25.1 Å². The van der Waals surface area contributed by atoms with Crippen LogP contribution in [0.25, 0.3) is 0 Å². The second kappa shape index (κ2) is 6.02. The number of rotatable bonds is 5. The molecule has 2 aromatic rings. The lowest BCUT2D eigenvalue weighted by Gasteiger charge is -2.12. The summed E-state index contributed by atoms with van der Waals surface area (Å²) in [6.07, 6.45) is -1.81. The number of hydrogen-bond acceptors (Lipinski definition) is 7. The highest BCUT2D eigenvalue weighted by molar-refractivity contribution is 5.61. The summed E-state index contributed by atoms with van der Waals surface area (Å²) in [5.41, 5.74) is 4.81. The number of methoxy groups -OCH3 is 1. The monoisotopic (exact) mass is 340 g/mol. The largest absolute Gasteiger partial charge is 0.481 e. The lowest BCUT2D eigenvalue weighted by atomic mass is 10.3. The van der Waals surface area contributed by atoms with Crippen LogP contribution in [0, 0.1) is 0 Å². The number of aromatic nitrogens is 3. The number of pyridine rings is 1. The summed E-state index contributed by atoms with van der Waals surface area (Å²) >= 11 is 0. The summed E-state index contributed by atoms with van der Waals surface area (Å²) in [6, 6.07) is 3.66. The molecule has 7 nitrogen and oxygen atoms in total. The zero-order valence-electron chi connectivity index (χ0n) is 12.7. The first-order chi connectivity index (χ1) is 11.3. The minimum absolute atomic E-state index is 0.0499. The van der Waals surface area contributed by atoms with Gasteiger partial charge in [-0.15, -0.1) is 0 Å². The van der Waals surface area contributed by atoms with Crippen LogP contribution in [0.2, 0.25) is 0 Å². The molecule has 0 bridgehead atoms. The maximum atomic E-state index is 12.7. The van der Waals surface area contributed by atoms with Crippen LogP contribution in [0.4, 0.5) is 36.4 Å². The summed E-state index contributed by atoms with van der Waals surface area (Å²) in [6.45, 7) is 0. The van der Waals surface area contributed by atoms with Crippen LogP contribution in [0.3, 0.4) is 0 Å². The van der Waals surface area contributed by atoms with Gasteiger partial charge in [-0.25, -0.2) is 4.98 Å². The Morgan fingerprint density at radius 3 is 2.58 bits per heavy atom. The number of nitrogen functional groups attached to an aromatic ring is 1. The van der Waals surface area contributed by atoms with Gasteiger partial charge in [0.05, 0.1) is 7.11 Å². The van der Waals surface area contributed by atoms with Crippen molar-refractivity contribution in [2.75, 3.05) is 23.5 Å². The molecule has 0 aromatic carbocycles. The first-order valence-electron chi connectivity index (χ1n) is 7.14. The molecule has 2 heterocycles. The Kier molecular flexibility index (Phi) is 4.04. The SMILES string of the molecule is COc1cc(Nc2ncc(C(F)(F)F)c(N)n2)cc(NC2CC2)n1. The molecule has 0 saturated heterocycles. The molecule has 3 rings (SSSR count). The number of nitrogens with zero attached hydrogens (tertiary/aromatic N) is 3. The molecule has 10 heteroatoms. The lowest BCUT2D eigenvalue weighted by Crippen LogP contribution is -2.12. The number of alkyl halides is 3. The fourth-order valence-corrected chi connectivity index (χ4v) is 2.00. The highest BCUT2D eigenvalue weighted by Gasteiger charge is 2.34. The molecule has 0 radical (unpaired) electrons. The van der Waals surface area contributed by atoms with E-state index in [0.29, 0.717) is 29.6 Å². The first kappa shape index (κ1) is 16.1. The average molecular weight is 340 g/mol. The van der Waals surface area contributed by atoms with E-state index in [2.05, 4.69) is 25.6 Å². The summed E-state index contributed by atoms with van der Waals surface area (Å²) < 4.78 is 43.1. The quantitative estimate of drug-likeness (QED) is 0.770. The van der Waals surface area contributed by atoms with Crippen molar-refractivity contribution in [1.29, 1.82) is 0 Å². The maximum absolute atomic E-state index is 12.7. The van der Waals surface area contributed by atoms with Gasteiger partial charge in [-0.3, -0.25) is 0 Å². The maximum Gasteiger partial charge on any atom is 0.421 e. The Morgan fingerprint density at radius 2 is 2.00 bits per heavy atom. The van der Waals surface area contributed by atoms with E-state index in [0.717, 1.165) is 12.8 Å². The second-order valence-electron chi connectivity index (χ2n) is 5.32. The number of nitrogens with one attached hydrogen (secondary N) is 2. The number of nitrogens with two attached hydrogens (primary N) is 1. The van der Waals surface area contributed by atoms with Crippen LogP contribution in [-0.2, 0) is 6.18 Å². The molecule has 1 fully saturated rings. The molecular weight excluding hydrogens is 325 g/mol. The molecule has 24 heavy (non-hydrogen) atoms. The van der Waals surface area contributed by atoms with Crippen molar-refractivity contribution >= 4 is 23.3 Å². The number of ether oxygens (including phenoxy) is 1. The van der Waals surface area contributed by atoms with E-state index in [1.807, 2.05) is 0 Å². The zero-order valence-corrected chi connectivity index (χ0v) is 12.7. The first-order valence-corrected chi connectivity index (χ1v) is 7.14. The van der Waals surface area contributed by atoms with E-state index in [-0.39, 0.29) is 5.95 Å². The predicted octanol–water partition coefficient (Wildman–Crippen LogP) is 2.80. The molecule has 0 unspecified atom stereocenters. The Hall–Kier alpha value is -2.78. The number of halogens is 3. The van der Waals surface area contributed by atoms with Crippen molar-refractivity contribution in [2.24, 2.45) is 0 Å². The summed E-state index contributed by atoms with van der Waals surface area (Å²) in [7, 11) is 1.47. The normalized spacial score (nSPS) is 14.3. The third-order valence-electron chi connectivity index (χ3n) is 3.32. The van der Waals surface area contributed by atoms with Crippen molar-refractivity contribution in [3.8, 4) is 5.88 Å². The van der Waals surface area contributed by atoms with E-state index >= 15 is 0 Å². The van der Waals surface area contributed by atoms with Crippen LogP contribution in [0.5, 0.6) is 5.88 Å². The van der Waals surface area contributed by atoms with Gasteiger partial charge in [-0.1, -0.05) is 0 Å². The van der Waals surface area contributed by atoms with Gasteiger partial charge in [-0.2, -0.15) is 23.1 Å². The number of anilines is 4. The van der Waals surface area contributed by atoms with Crippen LogP contribution in [-0.4, -0.2) is 28.1 Å². The Morgan fingerprint density at radius 1 is 1.25 bits per heavy atom. The van der Waals surface area contributed by atoms with Crippen molar-refractivity contribution in [3.05, 3.63) is 23.9 Å². The Balaban J connectivity index is 1.83. The second-order valence-corrected chi connectivity index (χ2v) is 5.32. The van der Waals surface area contributed by atoms with E-state index in [4.69, 9.17) is 10.5 Å². The molecule has 0 atom stereocenters. The molecule has 0 spiro atoms.